The van der Waals surface area contributed by atoms with E-state index >= 15 is 0 Å². The Morgan fingerprint density at radius 1 is 0.818 bits per heavy atom. The van der Waals surface area contributed by atoms with E-state index in [9.17, 15) is 18.0 Å². The largest absolute Gasteiger partial charge is 0.338 e. The van der Waals surface area contributed by atoms with Gasteiger partial charge in [-0.25, -0.2) is 0 Å². The van der Waals surface area contributed by atoms with Crippen LogP contribution in [0.3, 0.4) is 0 Å². The predicted octanol–water partition coefficient (Wildman–Crippen LogP) is 2.48. The number of nitrogens with zero attached hydrogens (tertiary/aromatic N) is 3. The van der Waals surface area contributed by atoms with Crippen LogP contribution in [0.2, 0.25) is 0 Å². The molecule has 0 spiro atoms. The minimum absolute atomic E-state index is 0.224. The molecule has 33 heavy (non-hydrogen) atoms. The topological polar surface area (TPSA) is 90.0 Å². The number of piperazine rings is 1. The van der Waals surface area contributed by atoms with Gasteiger partial charge < -0.3 is 10.2 Å². The normalized spacial score (nSPS) is 19.6. The molecule has 2 aliphatic heterocycles. The Morgan fingerprint density at radius 3 is 2.06 bits per heavy atom. The van der Waals surface area contributed by atoms with Crippen LogP contribution in [0, 0.1) is 0 Å². The zero-order valence-corrected chi connectivity index (χ0v) is 20.2. The van der Waals surface area contributed by atoms with Gasteiger partial charge in [0.1, 0.15) is 6.04 Å². The average molecular weight is 491 g/mol. The molecule has 0 bridgehead atoms. The van der Waals surface area contributed by atoms with Crippen molar-refractivity contribution < 1.29 is 18.0 Å². The zero-order valence-electron chi connectivity index (χ0n) is 18.6. The summed E-state index contributed by atoms with van der Waals surface area (Å²) >= 11 is 1.32. The van der Waals surface area contributed by atoms with E-state index in [0.717, 1.165) is 25.7 Å². The monoisotopic (exact) mass is 490 g/mol. The molecular formula is C23H30N4O4S2. The van der Waals surface area contributed by atoms with Crippen LogP contribution in [0.1, 0.15) is 47.0 Å². The fourth-order valence-corrected chi connectivity index (χ4v) is 6.60. The van der Waals surface area contributed by atoms with Crippen molar-refractivity contribution in [2.75, 3.05) is 39.3 Å². The Morgan fingerprint density at radius 2 is 1.45 bits per heavy atom. The van der Waals surface area contributed by atoms with Crippen molar-refractivity contribution in [2.24, 2.45) is 0 Å². The first-order valence-electron chi connectivity index (χ1n) is 11.4. The molecule has 178 valence electrons. The van der Waals surface area contributed by atoms with Gasteiger partial charge in [0.2, 0.25) is 5.91 Å². The minimum atomic E-state index is -3.52. The number of benzene rings is 1. The van der Waals surface area contributed by atoms with E-state index in [1.54, 1.807) is 21.3 Å². The molecule has 10 heteroatoms. The second kappa shape index (κ2) is 10.8. The Hall–Kier alpha value is -2.27. The van der Waals surface area contributed by atoms with Gasteiger partial charge in [-0.05, 0) is 29.9 Å². The Labute approximate surface area is 199 Å². The minimum Gasteiger partial charge on any atom is -0.338 e. The van der Waals surface area contributed by atoms with Gasteiger partial charge in [0.25, 0.3) is 16.1 Å². The summed E-state index contributed by atoms with van der Waals surface area (Å²) in [6, 6.07) is 11.8. The summed E-state index contributed by atoms with van der Waals surface area (Å²) in [5, 5.41) is 4.69. The number of carbonyl (C=O) groups is 2. The predicted molar refractivity (Wildman–Crippen MR) is 128 cm³/mol. The third-order valence-corrected chi connectivity index (χ3v) is 9.07. The van der Waals surface area contributed by atoms with Crippen LogP contribution in [0.15, 0.2) is 47.8 Å². The highest BCUT2D eigenvalue weighted by molar-refractivity contribution is 7.86. The number of hydrogen-bond donors (Lipinski definition) is 1. The van der Waals surface area contributed by atoms with Crippen LogP contribution in [-0.2, 0) is 15.0 Å². The summed E-state index contributed by atoms with van der Waals surface area (Å²) in [5.74, 6) is -0.521. The molecule has 4 rings (SSSR count). The molecule has 2 aliphatic rings. The summed E-state index contributed by atoms with van der Waals surface area (Å²) in [7, 11) is -3.52. The van der Waals surface area contributed by atoms with E-state index in [4.69, 9.17) is 0 Å². The molecule has 0 radical (unpaired) electrons. The van der Waals surface area contributed by atoms with Crippen LogP contribution >= 0.6 is 11.3 Å². The summed E-state index contributed by atoms with van der Waals surface area (Å²) < 4.78 is 29.3. The second-order valence-electron chi connectivity index (χ2n) is 8.34. The maximum Gasteiger partial charge on any atom is 0.282 e. The number of nitrogens with one attached hydrogen (secondary N) is 1. The quantitative estimate of drug-likeness (QED) is 0.674. The van der Waals surface area contributed by atoms with Crippen molar-refractivity contribution in [3.8, 4) is 0 Å². The maximum absolute atomic E-state index is 13.4. The van der Waals surface area contributed by atoms with E-state index in [1.165, 1.54) is 15.6 Å². The molecule has 8 nitrogen and oxygen atoms in total. The van der Waals surface area contributed by atoms with Gasteiger partial charge in [-0.15, -0.1) is 11.3 Å². The van der Waals surface area contributed by atoms with E-state index in [2.05, 4.69) is 5.32 Å². The molecule has 0 aliphatic carbocycles. The number of thiophene rings is 1. The number of amides is 2. The first-order valence-corrected chi connectivity index (χ1v) is 13.7. The Bertz CT molecular complexity index is 1030. The summed E-state index contributed by atoms with van der Waals surface area (Å²) in [4.78, 5) is 28.3. The number of hydrogen-bond acceptors (Lipinski definition) is 5. The van der Waals surface area contributed by atoms with Crippen molar-refractivity contribution in [3.63, 3.8) is 0 Å². The molecule has 1 aromatic heterocycles. The highest BCUT2D eigenvalue weighted by atomic mass is 32.2. The molecular weight excluding hydrogens is 460 g/mol. The van der Waals surface area contributed by atoms with E-state index in [-0.39, 0.29) is 24.9 Å². The van der Waals surface area contributed by atoms with Crippen LogP contribution in [0.25, 0.3) is 0 Å². The number of carbonyl (C=O) groups excluding carboxylic acids is 2. The maximum atomic E-state index is 13.4. The smallest absolute Gasteiger partial charge is 0.282 e. The Balaban J connectivity index is 1.44. The molecule has 3 heterocycles. The Kier molecular flexibility index (Phi) is 7.79. The fraction of sp³-hybridized carbons (Fsp3) is 0.478. The lowest BCUT2D eigenvalue weighted by Gasteiger charge is -2.37. The first-order chi connectivity index (χ1) is 16.0. The molecule has 0 saturated carbocycles. The van der Waals surface area contributed by atoms with Gasteiger partial charge in [0, 0.05) is 39.3 Å². The summed E-state index contributed by atoms with van der Waals surface area (Å²) in [5.41, 5.74) is 0.701. The van der Waals surface area contributed by atoms with E-state index in [1.807, 2.05) is 35.7 Å². The average Bonchev–Trinajstić information content (AvgIpc) is 3.24. The number of rotatable bonds is 6. The molecule has 2 amide bonds. The summed E-state index contributed by atoms with van der Waals surface area (Å²) in [6.45, 7) is 2.22. The van der Waals surface area contributed by atoms with Crippen molar-refractivity contribution in [1.82, 2.24) is 18.8 Å². The van der Waals surface area contributed by atoms with Gasteiger partial charge in [0.05, 0.1) is 4.88 Å². The van der Waals surface area contributed by atoms with Gasteiger partial charge in [-0.3, -0.25) is 9.59 Å². The van der Waals surface area contributed by atoms with E-state index in [0.29, 0.717) is 36.6 Å². The fourth-order valence-electron chi connectivity index (χ4n) is 4.30. The van der Waals surface area contributed by atoms with Gasteiger partial charge in [-0.2, -0.15) is 17.0 Å². The van der Waals surface area contributed by atoms with Gasteiger partial charge in [0.15, 0.2) is 0 Å². The zero-order chi connectivity index (χ0) is 23.3. The lowest BCUT2D eigenvalue weighted by atomic mass is 10.0. The standard InChI is InChI=1S/C23H30N4O4S2/c28-22(20-11-8-18-32-20)24-21(19-9-4-3-5-10-19)23(29)25-14-16-27(17-15-25)33(30,31)26-12-6-1-2-7-13-26/h3-5,8-11,18,21H,1-2,6-7,12-17H2,(H,24,28). The SMILES string of the molecule is O=C(NC(C(=O)N1CCN(S(=O)(=O)N2CCCCCC2)CC1)c1ccccc1)c1cccs1. The summed E-state index contributed by atoms with van der Waals surface area (Å²) in [6.07, 6.45) is 3.90. The highest BCUT2D eigenvalue weighted by Crippen LogP contribution is 2.22. The van der Waals surface area contributed by atoms with Crippen LogP contribution in [-0.4, -0.2) is 73.0 Å². The van der Waals surface area contributed by atoms with Crippen molar-refractivity contribution in [1.29, 1.82) is 0 Å². The van der Waals surface area contributed by atoms with Crippen LogP contribution in [0.4, 0.5) is 0 Å². The first kappa shape index (κ1) is 23.9. The van der Waals surface area contributed by atoms with Crippen LogP contribution in [0.5, 0.6) is 0 Å². The lowest BCUT2D eigenvalue weighted by Crippen LogP contribution is -2.56. The third-order valence-electron chi connectivity index (χ3n) is 6.17. The van der Waals surface area contributed by atoms with Crippen molar-refractivity contribution in [2.45, 2.75) is 31.7 Å². The molecule has 1 unspecified atom stereocenters. The molecule has 1 N–H and O–H groups in total. The van der Waals surface area contributed by atoms with Gasteiger partial charge >= 0.3 is 0 Å². The molecule has 2 fully saturated rings. The molecule has 2 aromatic rings. The molecule has 2 saturated heterocycles. The molecule has 1 atom stereocenters. The molecule has 1 aromatic carbocycles. The highest BCUT2D eigenvalue weighted by Gasteiger charge is 2.36. The van der Waals surface area contributed by atoms with Gasteiger partial charge in [-0.1, -0.05) is 49.2 Å². The second-order valence-corrected chi connectivity index (χ2v) is 11.2. The third kappa shape index (κ3) is 5.63. The van der Waals surface area contributed by atoms with E-state index < -0.39 is 16.3 Å². The lowest BCUT2D eigenvalue weighted by molar-refractivity contribution is -0.134. The van der Waals surface area contributed by atoms with Crippen molar-refractivity contribution >= 4 is 33.4 Å². The van der Waals surface area contributed by atoms with Crippen molar-refractivity contribution in [3.05, 3.63) is 58.3 Å². The van der Waals surface area contributed by atoms with Crippen LogP contribution < -0.4 is 5.32 Å².